The van der Waals surface area contributed by atoms with E-state index in [9.17, 15) is 0 Å². The zero-order valence-corrected chi connectivity index (χ0v) is 16.5. The molecule has 0 fully saturated rings. The summed E-state index contributed by atoms with van der Waals surface area (Å²) in [4.78, 5) is 2.22. The smallest absolute Gasteiger partial charge is 0.126 e. The Balaban J connectivity index is 2.43. The maximum Gasteiger partial charge on any atom is 0.126 e. The summed E-state index contributed by atoms with van der Waals surface area (Å²) < 4.78 is 16.9. The Morgan fingerprint density at radius 3 is 2.20 bits per heavy atom. The van der Waals surface area contributed by atoms with E-state index < -0.39 is 0 Å². The second kappa shape index (κ2) is 9.65. The van der Waals surface area contributed by atoms with Gasteiger partial charge in [-0.3, -0.25) is 0 Å². The minimum absolute atomic E-state index is 0.642. The summed E-state index contributed by atoms with van der Waals surface area (Å²) in [6.45, 7) is 2.84. The first-order chi connectivity index (χ1) is 12.1. The van der Waals surface area contributed by atoms with Crippen LogP contribution in [0.25, 0.3) is 11.1 Å². The van der Waals surface area contributed by atoms with Gasteiger partial charge in [-0.2, -0.15) is 0 Å². The van der Waals surface area contributed by atoms with Crippen LogP contribution >= 0.6 is 15.9 Å². The summed E-state index contributed by atoms with van der Waals surface area (Å²) in [5, 5.41) is 0. The molecule has 0 aliphatic heterocycles. The monoisotopic (exact) mass is 408 g/mol. The van der Waals surface area contributed by atoms with Crippen LogP contribution in [0.4, 0.5) is 11.4 Å². The normalized spacial score (nSPS) is 10.7. The van der Waals surface area contributed by atoms with E-state index in [0.717, 1.165) is 40.1 Å². The molecule has 0 unspecified atom stereocenters. The molecule has 0 radical (unpaired) electrons. The minimum Gasteiger partial charge on any atom is -0.496 e. The fourth-order valence-electron chi connectivity index (χ4n) is 2.64. The first kappa shape index (κ1) is 19.6. The van der Waals surface area contributed by atoms with Crippen LogP contribution in [0.5, 0.6) is 5.75 Å². The highest BCUT2D eigenvalue weighted by Gasteiger charge is 2.13. The third-order valence-electron chi connectivity index (χ3n) is 3.98. The predicted octanol–water partition coefficient (Wildman–Crippen LogP) is 3.81. The van der Waals surface area contributed by atoms with Gasteiger partial charge in [-0.25, -0.2) is 0 Å². The summed E-state index contributed by atoms with van der Waals surface area (Å²) >= 11 is 3.52. The zero-order chi connectivity index (χ0) is 18.2. The lowest BCUT2D eigenvalue weighted by atomic mass is 10.0. The van der Waals surface area contributed by atoms with E-state index in [1.165, 1.54) is 0 Å². The van der Waals surface area contributed by atoms with Gasteiger partial charge in [0.1, 0.15) is 5.75 Å². The summed E-state index contributed by atoms with van der Waals surface area (Å²) in [7, 11) is 5.07. The van der Waals surface area contributed by atoms with Crippen LogP contribution in [-0.4, -0.2) is 47.6 Å². The van der Waals surface area contributed by atoms with Crippen molar-refractivity contribution in [2.45, 2.75) is 0 Å². The summed E-state index contributed by atoms with van der Waals surface area (Å²) in [5.41, 5.74) is 9.93. The minimum atomic E-state index is 0.642. The Labute approximate surface area is 157 Å². The van der Waals surface area contributed by atoms with E-state index >= 15 is 0 Å². The molecule has 0 bridgehead atoms. The van der Waals surface area contributed by atoms with E-state index in [-0.39, 0.29) is 0 Å². The topological polar surface area (TPSA) is 57.0 Å². The molecule has 0 spiro atoms. The van der Waals surface area contributed by atoms with Gasteiger partial charge in [0, 0.05) is 54.3 Å². The van der Waals surface area contributed by atoms with Crippen molar-refractivity contribution in [3.05, 3.63) is 40.9 Å². The van der Waals surface area contributed by atoms with Crippen molar-refractivity contribution in [3.63, 3.8) is 0 Å². The van der Waals surface area contributed by atoms with Crippen LogP contribution in [0.15, 0.2) is 40.9 Å². The fraction of sp³-hybridized carbons (Fsp3) is 0.368. The van der Waals surface area contributed by atoms with Crippen LogP contribution in [-0.2, 0) is 9.47 Å². The van der Waals surface area contributed by atoms with Gasteiger partial charge in [0.2, 0.25) is 0 Å². The number of nitrogens with zero attached hydrogens (tertiary/aromatic N) is 1. The van der Waals surface area contributed by atoms with Gasteiger partial charge in [-0.15, -0.1) is 0 Å². The molecule has 25 heavy (non-hydrogen) atoms. The molecule has 0 aromatic heterocycles. The number of anilines is 2. The summed E-state index contributed by atoms with van der Waals surface area (Å²) in [6, 6.07) is 11.9. The highest BCUT2D eigenvalue weighted by molar-refractivity contribution is 9.10. The van der Waals surface area contributed by atoms with Gasteiger partial charge in [-0.05, 0) is 36.4 Å². The molecule has 0 atom stereocenters. The van der Waals surface area contributed by atoms with Crippen molar-refractivity contribution < 1.29 is 14.2 Å². The van der Waals surface area contributed by atoms with E-state index in [2.05, 4.69) is 26.9 Å². The molecular weight excluding hydrogens is 384 g/mol. The summed E-state index contributed by atoms with van der Waals surface area (Å²) in [5.74, 6) is 0.785. The Hall–Kier alpha value is -1.76. The molecular formula is C19H25BrN2O3. The van der Waals surface area contributed by atoms with Gasteiger partial charge < -0.3 is 24.8 Å². The molecule has 2 rings (SSSR count). The molecule has 0 aliphatic rings. The van der Waals surface area contributed by atoms with Crippen molar-refractivity contribution >= 4 is 27.3 Å². The third-order valence-corrected chi connectivity index (χ3v) is 4.48. The van der Waals surface area contributed by atoms with Crippen molar-refractivity contribution in [2.75, 3.05) is 58.3 Å². The van der Waals surface area contributed by atoms with Gasteiger partial charge in [0.25, 0.3) is 0 Å². The molecule has 5 nitrogen and oxygen atoms in total. The van der Waals surface area contributed by atoms with E-state index in [0.29, 0.717) is 18.9 Å². The first-order valence-electron chi connectivity index (χ1n) is 8.07. The third kappa shape index (κ3) is 5.11. The van der Waals surface area contributed by atoms with Crippen LogP contribution in [0.3, 0.4) is 0 Å². The second-order valence-electron chi connectivity index (χ2n) is 5.59. The number of methoxy groups -OCH3 is 3. The average Bonchev–Trinajstić information content (AvgIpc) is 2.62. The highest BCUT2D eigenvalue weighted by Crippen LogP contribution is 2.37. The molecule has 2 aromatic carbocycles. The molecule has 0 aliphatic carbocycles. The number of halogens is 1. The lowest BCUT2D eigenvalue weighted by Gasteiger charge is -2.25. The Morgan fingerprint density at radius 2 is 1.60 bits per heavy atom. The van der Waals surface area contributed by atoms with Crippen LogP contribution in [0.1, 0.15) is 0 Å². The van der Waals surface area contributed by atoms with Gasteiger partial charge in [0.15, 0.2) is 0 Å². The number of hydrogen-bond acceptors (Lipinski definition) is 5. The molecule has 2 aromatic rings. The Kier molecular flexibility index (Phi) is 7.55. The van der Waals surface area contributed by atoms with E-state index in [4.69, 9.17) is 19.9 Å². The van der Waals surface area contributed by atoms with Crippen LogP contribution in [0, 0.1) is 0 Å². The van der Waals surface area contributed by atoms with Crippen molar-refractivity contribution in [2.24, 2.45) is 0 Å². The molecule has 0 amide bonds. The predicted molar refractivity (Wildman–Crippen MR) is 107 cm³/mol. The average molecular weight is 409 g/mol. The molecule has 2 N–H and O–H groups in total. The fourth-order valence-corrected chi connectivity index (χ4v) is 3.00. The van der Waals surface area contributed by atoms with E-state index in [1.54, 1.807) is 21.3 Å². The van der Waals surface area contributed by atoms with Crippen LogP contribution < -0.4 is 15.4 Å². The Bertz CT molecular complexity index is 686. The molecule has 0 heterocycles. The molecule has 0 saturated carbocycles. The number of benzene rings is 2. The quantitative estimate of drug-likeness (QED) is 0.639. The maximum absolute atomic E-state index is 6.26. The Morgan fingerprint density at radius 1 is 0.920 bits per heavy atom. The number of nitrogens with two attached hydrogens (primary N) is 1. The summed E-state index contributed by atoms with van der Waals surface area (Å²) in [6.07, 6.45) is 0. The number of hydrogen-bond donors (Lipinski definition) is 1. The number of ether oxygens (including phenoxy) is 3. The molecule has 0 saturated heterocycles. The van der Waals surface area contributed by atoms with Crippen molar-refractivity contribution in [3.8, 4) is 16.9 Å². The zero-order valence-electron chi connectivity index (χ0n) is 14.9. The number of nitrogen functional groups attached to an aromatic ring is 1. The lowest BCUT2D eigenvalue weighted by Crippen LogP contribution is -2.30. The van der Waals surface area contributed by atoms with Gasteiger partial charge in [0.05, 0.1) is 20.3 Å². The van der Waals surface area contributed by atoms with Crippen LogP contribution in [0.2, 0.25) is 0 Å². The molecule has 6 heteroatoms. The maximum atomic E-state index is 6.26. The number of rotatable bonds is 9. The standard InChI is InChI=1S/C19H25BrN2O3/c1-23-10-8-22(9-11-24-2)15-5-6-18(21)16(13-15)17-12-14(20)4-7-19(17)25-3/h4-7,12-13H,8-11,21H2,1-3H3. The highest BCUT2D eigenvalue weighted by atomic mass is 79.9. The van der Waals surface area contributed by atoms with E-state index in [1.807, 2.05) is 30.3 Å². The first-order valence-corrected chi connectivity index (χ1v) is 8.86. The van der Waals surface area contributed by atoms with Crippen molar-refractivity contribution in [1.82, 2.24) is 0 Å². The van der Waals surface area contributed by atoms with Gasteiger partial charge >= 0.3 is 0 Å². The van der Waals surface area contributed by atoms with Crippen molar-refractivity contribution in [1.29, 1.82) is 0 Å². The lowest BCUT2D eigenvalue weighted by molar-refractivity contribution is 0.190. The van der Waals surface area contributed by atoms with Gasteiger partial charge in [-0.1, -0.05) is 15.9 Å². The largest absolute Gasteiger partial charge is 0.496 e. The SMILES string of the molecule is COCCN(CCOC)c1ccc(N)c(-c2cc(Br)ccc2OC)c1. The second-order valence-corrected chi connectivity index (χ2v) is 6.50. The molecule has 136 valence electrons.